The number of benzene rings is 2. The number of nitrogens with zero attached hydrogens (tertiary/aromatic N) is 5. The molecule has 372 valence electrons. The summed E-state index contributed by atoms with van der Waals surface area (Å²) in [6.07, 6.45) is -2.60. The summed E-state index contributed by atoms with van der Waals surface area (Å²) >= 11 is 0.584. The van der Waals surface area contributed by atoms with Gasteiger partial charge in [0.05, 0.1) is 31.7 Å². The van der Waals surface area contributed by atoms with Crippen molar-refractivity contribution in [2.75, 3.05) is 25.6 Å². The summed E-state index contributed by atoms with van der Waals surface area (Å²) in [6.45, 7) is -3.74. The average Bonchev–Trinajstić information content (AvgIpc) is 3.99. The predicted octanol–water partition coefficient (Wildman–Crippen LogP) is 6.50. The highest BCUT2D eigenvalue weighted by Crippen LogP contribution is 2.64. The molecule has 3 fully saturated rings. The van der Waals surface area contributed by atoms with Gasteiger partial charge in [-0.3, -0.25) is 32.5 Å². The zero-order valence-electron chi connectivity index (χ0n) is 37.1. The van der Waals surface area contributed by atoms with E-state index in [1.807, 2.05) is 4.98 Å². The number of nitrogen functional groups attached to an aromatic ring is 1. The van der Waals surface area contributed by atoms with Crippen LogP contribution in [0.5, 0.6) is 11.5 Å². The third-order valence-corrected chi connectivity index (χ3v) is 16.1. The summed E-state index contributed by atoms with van der Waals surface area (Å²) in [5, 5.41) is 0. The number of carbonyl (C=O) groups excluding carboxylic acids is 1. The maximum atomic E-state index is 16.5. The van der Waals surface area contributed by atoms with Crippen LogP contribution in [0.4, 0.5) is 14.6 Å². The fourth-order valence-electron chi connectivity index (χ4n) is 7.88. The molecule has 5 aromatic rings. The number of hydrogen-bond acceptors (Lipinski definition) is 19. The Hall–Kier alpha value is -4.87. The quantitative estimate of drug-likeness (QED) is 0.0435. The standard InChI is InChI=1S/C43H51F2N7O14P2S/c1-2-3-4-5-6-7-8-9-20-59-28-16-12-27(13-17-28)42(54)62-29-14-10-26(11-15-29)23-69-68(58)61-22-31-36(33(44)41(64-31)52-25-49-35-38(46)47-24-48-39(35)52)65-67(56,57)60-21-30-37(66-68)34(45)40(63-30)51-19-18-32(53)50-43(51)55/h10-19,24-25,30-31,33-34,36-37,40-41H,2-9,20-23H2,1H3,(H,56,57)(H2,46,47,48)(H,50,53,55)/p-1/t30-,31-,33-,34-,36-,37-,40-,41-,68?/m1/s1. The van der Waals surface area contributed by atoms with Crippen LogP contribution in [-0.4, -0.2) is 91.6 Å². The van der Waals surface area contributed by atoms with Crippen molar-refractivity contribution in [3.05, 3.63) is 105 Å². The van der Waals surface area contributed by atoms with Crippen molar-refractivity contribution >= 4 is 49.0 Å². The number of nitrogens with one attached hydrogen (secondary N) is 1. The number of aromatic amines is 1. The highest BCUT2D eigenvalue weighted by atomic mass is 32.7. The number of H-pyrrole nitrogens is 1. The summed E-state index contributed by atoms with van der Waals surface area (Å²) < 4.78 is 108. The number of esters is 1. The van der Waals surface area contributed by atoms with Crippen LogP contribution in [0, 0.1) is 0 Å². The topological polar surface area (TPSA) is 273 Å². The number of hydrogen-bond donors (Lipinski definition) is 2. The molecule has 0 aliphatic carbocycles. The van der Waals surface area contributed by atoms with Crippen molar-refractivity contribution in [3.63, 3.8) is 0 Å². The minimum absolute atomic E-state index is 0.0240. The van der Waals surface area contributed by atoms with E-state index >= 15 is 8.78 Å². The fraction of sp³-hybridized carbons (Fsp3) is 0.488. The van der Waals surface area contributed by atoms with Crippen molar-refractivity contribution in [3.8, 4) is 11.5 Å². The number of nitrogens with two attached hydrogens (primary N) is 1. The van der Waals surface area contributed by atoms with Gasteiger partial charge in [-0.1, -0.05) is 64.0 Å². The van der Waals surface area contributed by atoms with E-state index in [1.54, 1.807) is 36.4 Å². The van der Waals surface area contributed by atoms with Crippen LogP contribution < -0.4 is 31.3 Å². The smallest absolute Gasteiger partial charge is 0.389 e. The number of phosphoric acid groups is 1. The number of unbranched alkanes of at least 4 members (excludes halogenated alkanes) is 7. The second-order valence-corrected chi connectivity index (χ2v) is 21.8. The first-order chi connectivity index (χ1) is 33.2. The highest BCUT2D eigenvalue weighted by Gasteiger charge is 2.54. The average molecular weight is 1020 g/mol. The Morgan fingerprint density at radius 2 is 1.48 bits per heavy atom. The first-order valence-electron chi connectivity index (χ1n) is 22.3. The van der Waals surface area contributed by atoms with Gasteiger partial charge in [-0.05, 0) is 59.8 Å². The van der Waals surface area contributed by atoms with Crippen LogP contribution >= 0.6 is 26.0 Å². The number of carbonyl (C=O) groups is 1. The molecule has 26 heteroatoms. The van der Waals surface area contributed by atoms with Crippen LogP contribution in [0.15, 0.2) is 83.0 Å². The van der Waals surface area contributed by atoms with Crippen molar-refractivity contribution in [1.29, 1.82) is 0 Å². The molecule has 3 N–H and O–H groups in total. The zero-order chi connectivity index (χ0) is 48.7. The predicted molar refractivity (Wildman–Crippen MR) is 243 cm³/mol. The van der Waals surface area contributed by atoms with Gasteiger partial charge >= 0.3 is 18.5 Å². The Balaban J connectivity index is 0.953. The summed E-state index contributed by atoms with van der Waals surface area (Å²) in [7, 11) is -5.49. The van der Waals surface area contributed by atoms with Gasteiger partial charge < -0.3 is 38.6 Å². The van der Waals surface area contributed by atoms with Crippen LogP contribution in [0.3, 0.4) is 0 Å². The van der Waals surface area contributed by atoms with E-state index in [2.05, 4.69) is 21.9 Å². The first-order valence-corrected chi connectivity index (χ1v) is 26.9. The van der Waals surface area contributed by atoms with Gasteiger partial charge in [0.1, 0.15) is 47.8 Å². The number of ether oxygens (including phenoxy) is 4. The SMILES string of the molecule is CCCCCCCCCCOc1ccc(C(=O)Oc2ccc(CSP3(=O)OC[C@H]4O[C@@H](n5cnc6c(N)ncnc65)[C@H](F)[C@@H]4OP(=O)([O-])OC[C@H]4O[C@@H](n5ccc(=O)[nH]c5=O)[C@H](F)[C@@H]4O3)cc2)cc1. The number of phosphoric ester groups is 1. The Kier molecular flexibility index (Phi) is 16.5. The van der Waals surface area contributed by atoms with E-state index in [4.69, 9.17) is 42.8 Å². The van der Waals surface area contributed by atoms with E-state index in [0.29, 0.717) is 39.4 Å². The molecule has 8 rings (SSSR count). The number of alkyl halides is 2. The lowest BCUT2D eigenvalue weighted by Gasteiger charge is -2.32. The third kappa shape index (κ3) is 12.4. The van der Waals surface area contributed by atoms with E-state index in [1.165, 1.54) is 50.7 Å². The molecule has 2 aromatic carbocycles. The lowest BCUT2D eigenvalue weighted by atomic mass is 10.1. The summed E-state index contributed by atoms with van der Waals surface area (Å²) in [5.41, 5.74) is 4.98. The molecule has 3 saturated heterocycles. The minimum Gasteiger partial charge on any atom is -0.756 e. The van der Waals surface area contributed by atoms with Crippen molar-refractivity contribution in [1.82, 2.24) is 29.1 Å². The molecule has 0 bridgehead atoms. The lowest BCUT2D eigenvalue weighted by molar-refractivity contribution is -0.235. The van der Waals surface area contributed by atoms with Gasteiger partial charge in [0.25, 0.3) is 13.4 Å². The van der Waals surface area contributed by atoms with Crippen molar-refractivity contribution < 1.29 is 64.6 Å². The van der Waals surface area contributed by atoms with Crippen molar-refractivity contribution in [2.45, 2.75) is 113 Å². The molecule has 3 aliphatic rings. The molecular formula is C43H50F2N7O14P2S-. The molecule has 0 amide bonds. The number of anilines is 1. The van der Waals surface area contributed by atoms with E-state index in [0.717, 1.165) is 42.3 Å². The normalized spacial score (nSPS) is 28.3. The lowest BCUT2D eigenvalue weighted by Crippen LogP contribution is -2.38. The van der Waals surface area contributed by atoms with Gasteiger partial charge in [-0.2, -0.15) is 0 Å². The maximum Gasteiger partial charge on any atom is 0.389 e. The van der Waals surface area contributed by atoms with Gasteiger partial charge in [0.2, 0.25) is 0 Å². The van der Waals surface area contributed by atoms with E-state index in [9.17, 15) is 28.4 Å². The first kappa shape index (κ1) is 50.5. The number of halogens is 2. The van der Waals surface area contributed by atoms with Crippen LogP contribution in [0.25, 0.3) is 11.2 Å². The maximum absolute atomic E-state index is 16.5. The molecule has 0 saturated carbocycles. The minimum atomic E-state index is -5.49. The Morgan fingerprint density at radius 1 is 0.841 bits per heavy atom. The Bertz CT molecular complexity index is 2770. The number of fused-ring (bicyclic) bond motifs is 3. The van der Waals surface area contributed by atoms with Gasteiger partial charge in [0.15, 0.2) is 36.3 Å². The molecule has 3 aliphatic heterocycles. The summed E-state index contributed by atoms with van der Waals surface area (Å²) in [5.74, 6) is 0.0618. The van der Waals surface area contributed by atoms with Crippen LogP contribution in [0.2, 0.25) is 0 Å². The molecule has 21 nitrogen and oxygen atoms in total. The van der Waals surface area contributed by atoms with E-state index in [-0.39, 0.29) is 28.5 Å². The summed E-state index contributed by atoms with van der Waals surface area (Å²) in [4.78, 5) is 64.8. The third-order valence-electron chi connectivity index (χ3n) is 11.5. The molecule has 69 heavy (non-hydrogen) atoms. The fourth-order valence-corrected chi connectivity index (χ4v) is 12.2. The van der Waals surface area contributed by atoms with Gasteiger partial charge in [-0.25, -0.2) is 37.9 Å². The second kappa shape index (κ2) is 22.5. The second-order valence-electron chi connectivity index (χ2n) is 16.4. The largest absolute Gasteiger partial charge is 0.756 e. The molecule has 2 unspecified atom stereocenters. The van der Waals surface area contributed by atoms with Crippen LogP contribution in [-0.2, 0) is 42.5 Å². The monoisotopic (exact) mass is 1020 g/mol. The molecule has 0 spiro atoms. The molecule has 0 radical (unpaired) electrons. The molecule has 10 atom stereocenters. The molecule has 3 aromatic heterocycles. The Morgan fingerprint density at radius 3 is 2.17 bits per heavy atom. The zero-order valence-corrected chi connectivity index (χ0v) is 39.7. The Labute approximate surface area is 397 Å². The summed E-state index contributed by atoms with van der Waals surface area (Å²) in [6, 6.07) is 13.7. The van der Waals surface area contributed by atoms with Crippen LogP contribution in [0.1, 0.15) is 86.7 Å². The highest BCUT2D eigenvalue weighted by molar-refractivity contribution is 8.54. The molecular weight excluding hydrogens is 971 g/mol. The van der Waals surface area contributed by atoms with Gasteiger partial charge in [0, 0.05) is 18.0 Å². The molecule has 6 heterocycles. The number of imidazole rings is 1. The number of rotatable bonds is 17. The van der Waals surface area contributed by atoms with Gasteiger partial charge in [-0.15, -0.1) is 0 Å². The van der Waals surface area contributed by atoms with Crippen molar-refractivity contribution in [2.24, 2.45) is 0 Å². The van der Waals surface area contributed by atoms with E-state index < -0.39 is 94.3 Å². The number of aromatic nitrogens is 6.